The van der Waals surface area contributed by atoms with Crippen LogP contribution in [0.15, 0.2) is 52.8 Å². The van der Waals surface area contributed by atoms with Crippen molar-refractivity contribution in [1.82, 2.24) is 15.1 Å². The summed E-state index contributed by atoms with van der Waals surface area (Å²) in [4.78, 5) is 22.7. The number of nitrogens with one attached hydrogen (secondary N) is 1. The van der Waals surface area contributed by atoms with Gasteiger partial charge in [-0.05, 0) is 41.0 Å². The first kappa shape index (κ1) is 22.8. The molecule has 5 nitrogen and oxygen atoms in total. The maximum atomic E-state index is 12.6. The molecule has 0 aliphatic carbocycles. The number of hydrogen-bond acceptors (Lipinski definition) is 3. The molecule has 2 aromatic rings. The first-order valence-electron chi connectivity index (χ1n) is 10.3. The Balaban J connectivity index is 0.00000256. The van der Waals surface area contributed by atoms with Gasteiger partial charge in [0.05, 0.1) is 0 Å². The van der Waals surface area contributed by atoms with E-state index in [2.05, 4.69) is 63.1 Å². The van der Waals surface area contributed by atoms with Crippen LogP contribution >= 0.6 is 35.3 Å². The molecule has 0 saturated carbocycles. The van der Waals surface area contributed by atoms with Gasteiger partial charge in [0, 0.05) is 51.1 Å². The number of carbonyl (C=O) groups is 1. The maximum absolute atomic E-state index is 12.6. The van der Waals surface area contributed by atoms with Gasteiger partial charge in [-0.15, -0.1) is 35.3 Å². The zero-order valence-corrected chi connectivity index (χ0v) is 20.5. The van der Waals surface area contributed by atoms with E-state index in [9.17, 15) is 4.79 Å². The minimum absolute atomic E-state index is 0. The maximum Gasteiger partial charge on any atom is 0.224 e. The van der Waals surface area contributed by atoms with Gasteiger partial charge in [-0.1, -0.05) is 36.4 Å². The van der Waals surface area contributed by atoms with Crippen LogP contribution in [-0.2, 0) is 17.8 Å². The van der Waals surface area contributed by atoms with E-state index < -0.39 is 0 Å². The molecule has 1 amide bonds. The fraction of sp³-hybridized carbons (Fsp3) is 0.391. The van der Waals surface area contributed by atoms with Gasteiger partial charge in [-0.3, -0.25) is 9.79 Å². The Bertz CT molecular complexity index is 909. The molecule has 0 unspecified atom stereocenters. The summed E-state index contributed by atoms with van der Waals surface area (Å²) in [7, 11) is 1.81. The topological polar surface area (TPSA) is 47.9 Å². The molecule has 160 valence electrons. The number of nitrogens with zero attached hydrogens (tertiary/aromatic N) is 3. The third-order valence-electron chi connectivity index (χ3n) is 5.65. The number of rotatable bonds is 4. The monoisotopic (exact) mass is 536 g/mol. The lowest BCUT2D eigenvalue weighted by Crippen LogP contribution is -2.45. The van der Waals surface area contributed by atoms with Gasteiger partial charge < -0.3 is 15.1 Å². The number of halogens is 1. The highest BCUT2D eigenvalue weighted by Gasteiger charge is 2.21. The van der Waals surface area contributed by atoms with Crippen molar-refractivity contribution in [2.24, 2.45) is 4.99 Å². The van der Waals surface area contributed by atoms with Gasteiger partial charge in [0.25, 0.3) is 0 Å². The van der Waals surface area contributed by atoms with Crippen LogP contribution in [0.1, 0.15) is 28.8 Å². The van der Waals surface area contributed by atoms with Crippen molar-refractivity contribution < 1.29 is 4.79 Å². The number of carbonyl (C=O) groups excluding carboxylic acids is 1. The van der Waals surface area contributed by atoms with Gasteiger partial charge >= 0.3 is 0 Å². The van der Waals surface area contributed by atoms with Gasteiger partial charge in [0.2, 0.25) is 5.91 Å². The third-order valence-corrected chi connectivity index (χ3v) is 6.67. The first-order chi connectivity index (χ1) is 14.2. The Morgan fingerprint density at radius 1 is 1.13 bits per heavy atom. The molecule has 2 aliphatic rings. The number of aliphatic imine (C=N–C) groups is 1. The van der Waals surface area contributed by atoms with Gasteiger partial charge in [-0.2, -0.15) is 0 Å². The lowest BCUT2D eigenvalue weighted by Gasteiger charge is -2.30. The second kappa shape index (κ2) is 10.9. The predicted molar refractivity (Wildman–Crippen MR) is 135 cm³/mol. The van der Waals surface area contributed by atoms with Crippen molar-refractivity contribution in [2.45, 2.75) is 25.8 Å². The summed E-state index contributed by atoms with van der Waals surface area (Å²) < 4.78 is 0. The summed E-state index contributed by atoms with van der Waals surface area (Å²) in [5.74, 6) is 1.09. The zero-order valence-electron chi connectivity index (χ0n) is 17.3. The second-order valence-corrected chi connectivity index (χ2v) is 8.45. The molecule has 30 heavy (non-hydrogen) atoms. The fourth-order valence-corrected chi connectivity index (χ4v) is 4.90. The van der Waals surface area contributed by atoms with E-state index in [0.29, 0.717) is 13.0 Å². The highest BCUT2D eigenvalue weighted by atomic mass is 127. The number of amides is 1. The molecule has 0 bridgehead atoms. The summed E-state index contributed by atoms with van der Waals surface area (Å²) in [6, 6.07) is 12.7. The summed E-state index contributed by atoms with van der Waals surface area (Å²) in [5.41, 5.74) is 4.01. The molecule has 4 rings (SSSR count). The smallest absolute Gasteiger partial charge is 0.224 e. The number of thiophene rings is 1. The Morgan fingerprint density at radius 3 is 2.67 bits per heavy atom. The Labute approximate surface area is 199 Å². The van der Waals surface area contributed by atoms with E-state index in [1.807, 2.05) is 11.9 Å². The lowest BCUT2D eigenvalue weighted by molar-refractivity contribution is -0.131. The van der Waals surface area contributed by atoms with E-state index in [0.717, 1.165) is 45.0 Å². The van der Waals surface area contributed by atoms with E-state index in [-0.39, 0.29) is 29.9 Å². The minimum Gasteiger partial charge on any atom is -0.356 e. The Kier molecular flexibility index (Phi) is 8.32. The summed E-state index contributed by atoms with van der Waals surface area (Å²) in [5, 5.41) is 5.50. The van der Waals surface area contributed by atoms with Crippen LogP contribution in [0.4, 0.5) is 0 Å². The van der Waals surface area contributed by atoms with E-state index in [1.165, 1.54) is 21.6 Å². The number of hydrogen-bond donors (Lipinski definition) is 1. The van der Waals surface area contributed by atoms with Crippen molar-refractivity contribution in [3.63, 3.8) is 0 Å². The molecular formula is C23H29IN4OS. The van der Waals surface area contributed by atoms with Crippen LogP contribution in [0.2, 0.25) is 0 Å². The van der Waals surface area contributed by atoms with Crippen molar-refractivity contribution in [2.75, 3.05) is 33.2 Å². The molecule has 0 saturated heterocycles. The van der Waals surface area contributed by atoms with Gasteiger partial charge in [0.1, 0.15) is 0 Å². The highest BCUT2D eigenvalue weighted by molar-refractivity contribution is 14.0. The molecular weight excluding hydrogens is 507 g/mol. The van der Waals surface area contributed by atoms with Crippen molar-refractivity contribution >= 4 is 52.8 Å². The van der Waals surface area contributed by atoms with Crippen LogP contribution < -0.4 is 5.32 Å². The van der Waals surface area contributed by atoms with Gasteiger partial charge in [0.15, 0.2) is 5.96 Å². The quantitative estimate of drug-likeness (QED) is 0.365. The highest BCUT2D eigenvalue weighted by Crippen LogP contribution is 2.24. The van der Waals surface area contributed by atoms with E-state index >= 15 is 0 Å². The van der Waals surface area contributed by atoms with Gasteiger partial charge in [-0.25, -0.2) is 0 Å². The molecule has 0 radical (unpaired) electrons. The Hall–Kier alpha value is -1.87. The van der Waals surface area contributed by atoms with Crippen LogP contribution in [0.25, 0.3) is 5.57 Å². The van der Waals surface area contributed by atoms with Crippen LogP contribution in [0.5, 0.6) is 0 Å². The van der Waals surface area contributed by atoms with E-state index in [4.69, 9.17) is 0 Å². The number of benzene rings is 1. The fourth-order valence-electron chi connectivity index (χ4n) is 4.01. The summed E-state index contributed by atoms with van der Waals surface area (Å²) in [6.45, 7) is 3.97. The van der Waals surface area contributed by atoms with Crippen molar-refractivity contribution in [1.29, 1.82) is 0 Å². The largest absolute Gasteiger partial charge is 0.356 e. The predicted octanol–water partition coefficient (Wildman–Crippen LogP) is 4.01. The normalized spacial score (nSPS) is 16.4. The van der Waals surface area contributed by atoms with Crippen molar-refractivity contribution in [3.05, 3.63) is 63.9 Å². The SMILES string of the molecule is CN=C(NCCC(=O)N1CCc2sccc2C1)N1CC=C(c2ccccc2)CC1.I. The third kappa shape index (κ3) is 5.43. The average Bonchev–Trinajstić information content (AvgIpc) is 3.25. The molecule has 0 fully saturated rings. The standard InChI is InChI=1S/C23H28N4OS.HI/c1-24-23(26-13-8-19(9-14-26)18-5-3-2-4-6-18)25-12-7-22(28)27-15-10-21-20(17-27)11-16-29-21;/h2-6,8,11,16H,7,9-10,12-15,17H2,1H3,(H,24,25);1H. The summed E-state index contributed by atoms with van der Waals surface area (Å²) in [6.07, 6.45) is 4.76. The molecule has 7 heteroatoms. The number of guanidine groups is 1. The zero-order chi connectivity index (χ0) is 20.1. The average molecular weight is 536 g/mol. The second-order valence-electron chi connectivity index (χ2n) is 7.45. The molecule has 3 heterocycles. The van der Waals surface area contributed by atoms with E-state index in [1.54, 1.807) is 11.3 Å². The minimum atomic E-state index is 0. The van der Waals surface area contributed by atoms with Crippen LogP contribution in [0, 0.1) is 0 Å². The molecule has 1 aromatic heterocycles. The van der Waals surface area contributed by atoms with Crippen LogP contribution in [0.3, 0.4) is 0 Å². The molecule has 0 spiro atoms. The molecule has 0 atom stereocenters. The Morgan fingerprint density at radius 2 is 1.93 bits per heavy atom. The molecule has 2 aliphatic heterocycles. The van der Waals surface area contributed by atoms with Crippen molar-refractivity contribution in [3.8, 4) is 0 Å². The molecule has 1 N–H and O–H groups in total. The summed E-state index contributed by atoms with van der Waals surface area (Å²) >= 11 is 1.80. The lowest BCUT2D eigenvalue weighted by atomic mass is 10.00. The first-order valence-corrected chi connectivity index (χ1v) is 11.2. The number of fused-ring (bicyclic) bond motifs is 1. The molecule has 1 aromatic carbocycles. The van der Waals surface area contributed by atoms with Crippen LogP contribution in [-0.4, -0.2) is 54.9 Å².